The molecule has 5 nitrogen and oxygen atoms in total. The highest BCUT2D eigenvalue weighted by Crippen LogP contribution is 2.33. The maximum absolute atomic E-state index is 11.5. The van der Waals surface area contributed by atoms with Gasteiger partial charge in [0.2, 0.25) is 6.79 Å². The number of carboxylic acid groups (broad SMARTS) is 1. The van der Waals surface area contributed by atoms with Crippen LogP contribution in [0, 0.1) is 0 Å². The molecule has 0 fully saturated rings. The van der Waals surface area contributed by atoms with Gasteiger partial charge in [0.05, 0.1) is 11.1 Å². The highest BCUT2D eigenvalue weighted by atomic mass is 16.7. The summed E-state index contributed by atoms with van der Waals surface area (Å²) in [5.74, 6) is 0.490. The minimum Gasteiger partial charge on any atom is -0.478 e. The number of benzene rings is 2. The summed E-state index contributed by atoms with van der Waals surface area (Å²) >= 11 is 0. The molecule has 5 heteroatoms. The number of aromatic carboxylic acids is 1. The highest BCUT2D eigenvalue weighted by molar-refractivity contribution is 6.02. The molecule has 0 radical (unpaired) electrons. The SMILES string of the molecule is O=C(O)c1cc(Cc2ccc3c(c2)OCO3)nc2ccccc12. The first-order valence-corrected chi connectivity index (χ1v) is 7.21. The van der Waals surface area contributed by atoms with E-state index in [2.05, 4.69) is 4.98 Å². The lowest BCUT2D eigenvalue weighted by Gasteiger charge is -2.07. The second-order valence-electron chi connectivity index (χ2n) is 5.35. The van der Waals surface area contributed by atoms with E-state index in [1.165, 1.54) is 0 Å². The van der Waals surface area contributed by atoms with Gasteiger partial charge in [0, 0.05) is 17.5 Å². The summed E-state index contributed by atoms with van der Waals surface area (Å²) in [6.45, 7) is 0.232. The average Bonchev–Trinajstić information content (AvgIpc) is 3.01. The third-order valence-corrected chi connectivity index (χ3v) is 3.82. The Hall–Kier alpha value is -3.08. The van der Waals surface area contributed by atoms with E-state index < -0.39 is 5.97 Å². The lowest BCUT2D eigenvalue weighted by Crippen LogP contribution is -2.02. The monoisotopic (exact) mass is 307 g/mol. The molecule has 1 aromatic heterocycles. The molecule has 0 amide bonds. The van der Waals surface area contributed by atoms with Crippen molar-refractivity contribution in [3.63, 3.8) is 0 Å². The molecule has 1 aliphatic rings. The Morgan fingerprint density at radius 3 is 2.78 bits per heavy atom. The first-order valence-electron chi connectivity index (χ1n) is 7.21. The van der Waals surface area contributed by atoms with Crippen molar-refractivity contribution in [3.05, 3.63) is 65.4 Å². The van der Waals surface area contributed by atoms with E-state index in [0.717, 1.165) is 11.3 Å². The fourth-order valence-electron chi connectivity index (χ4n) is 2.76. The van der Waals surface area contributed by atoms with Crippen LogP contribution in [0.2, 0.25) is 0 Å². The van der Waals surface area contributed by atoms with Gasteiger partial charge in [-0.1, -0.05) is 24.3 Å². The predicted octanol–water partition coefficient (Wildman–Crippen LogP) is 3.25. The van der Waals surface area contributed by atoms with Gasteiger partial charge in [-0.05, 0) is 29.8 Å². The standard InChI is InChI=1S/C18H13NO4/c20-18(21)14-9-12(19-15-4-2-1-3-13(14)15)7-11-5-6-16-17(8-11)23-10-22-16/h1-6,8-9H,7,10H2,(H,20,21). The number of aromatic nitrogens is 1. The van der Waals surface area contributed by atoms with Gasteiger partial charge in [-0.15, -0.1) is 0 Å². The van der Waals surface area contributed by atoms with Crippen molar-refractivity contribution in [1.82, 2.24) is 4.98 Å². The number of ether oxygens (including phenoxy) is 2. The van der Waals surface area contributed by atoms with Crippen molar-refractivity contribution in [2.75, 3.05) is 6.79 Å². The molecule has 2 aromatic carbocycles. The Balaban J connectivity index is 1.75. The zero-order valence-corrected chi connectivity index (χ0v) is 12.2. The van der Waals surface area contributed by atoms with Gasteiger partial charge in [0.1, 0.15) is 0 Å². The van der Waals surface area contributed by atoms with Gasteiger partial charge in [0.25, 0.3) is 0 Å². The van der Waals surface area contributed by atoms with Crippen molar-refractivity contribution in [1.29, 1.82) is 0 Å². The fraction of sp³-hybridized carbons (Fsp3) is 0.111. The number of fused-ring (bicyclic) bond motifs is 2. The van der Waals surface area contributed by atoms with E-state index in [1.54, 1.807) is 12.1 Å². The number of carboxylic acids is 1. The Labute approximate surface area is 132 Å². The Bertz CT molecular complexity index is 920. The van der Waals surface area contributed by atoms with Crippen LogP contribution in [0.5, 0.6) is 11.5 Å². The smallest absolute Gasteiger partial charge is 0.336 e. The van der Waals surface area contributed by atoms with Gasteiger partial charge in [-0.25, -0.2) is 4.79 Å². The van der Waals surface area contributed by atoms with Crippen LogP contribution in [0.25, 0.3) is 10.9 Å². The molecule has 3 aromatic rings. The zero-order valence-electron chi connectivity index (χ0n) is 12.2. The van der Waals surface area contributed by atoms with Crippen molar-refractivity contribution < 1.29 is 19.4 Å². The van der Waals surface area contributed by atoms with Crippen LogP contribution in [-0.2, 0) is 6.42 Å². The third kappa shape index (κ3) is 2.46. The van der Waals surface area contributed by atoms with E-state index in [-0.39, 0.29) is 12.4 Å². The van der Waals surface area contributed by atoms with Gasteiger partial charge in [-0.3, -0.25) is 4.98 Å². The lowest BCUT2D eigenvalue weighted by molar-refractivity contribution is 0.0699. The molecule has 1 aliphatic heterocycles. The topological polar surface area (TPSA) is 68.7 Å². The summed E-state index contributed by atoms with van der Waals surface area (Å²) in [5.41, 5.74) is 2.66. The summed E-state index contributed by atoms with van der Waals surface area (Å²) in [5, 5.41) is 10.1. The van der Waals surface area contributed by atoms with Crippen LogP contribution in [0.15, 0.2) is 48.5 Å². The highest BCUT2D eigenvalue weighted by Gasteiger charge is 2.15. The average molecular weight is 307 g/mol. The van der Waals surface area contributed by atoms with E-state index in [0.29, 0.717) is 28.8 Å². The second-order valence-corrected chi connectivity index (χ2v) is 5.35. The molecule has 0 atom stereocenters. The molecule has 0 unspecified atom stereocenters. The predicted molar refractivity (Wildman–Crippen MR) is 84.1 cm³/mol. The Morgan fingerprint density at radius 1 is 1.09 bits per heavy atom. The minimum atomic E-state index is -0.949. The molecule has 114 valence electrons. The van der Waals surface area contributed by atoms with Crippen LogP contribution >= 0.6 is 0 Å². The van der Waals surface area contributed by atoms with Crippen LogP contribution in [-0.4, -0.2) is 22.9 Å². The van der Waals surface area contributed by atoms with Gasteiger partial charge >= 0.3 is 5.97 Å². The van der Waals surface area contributed by atoms with Crippen molar-refractivity contribution >= 4 is 16.9 Å². The molecule has 4 rings (SSSR count). The maximum Gasteiger partial charge on any atom is 0.336 e. The van der Waals surface area contributed by atoms with Crippen LogP contribution < -0.4 is 9.47 Å². The molecule has 23 heavy (non-hydrogen) atoms. The molecular formula is C18H13NO4. The summed E-state index contributed by atoms with van der Waals surface area (Å²) in [6, 6.07) is 14.6. The van der Waals surface area contributed by atoms with E-state index in [9.17, 15) is 9.90 Å². The quantitative estimate of drug-likeness (QED) is 0.804. The lowest BCUT2D eigenvalue weighted by atomic mass is 10.0. The van der Waals surface area contributed by atoms with Crippen LogP contribution in [0.4, 0.5) is 0 Å². The Kier molecular flexibility index (Phi) is 3.12. The number of hydrogen-bond acceptors (Lipinski definition) is 4. The Morgan fingerprint density at radius 2 is 1.91 bits per heavy atom. The van der Waals surface area contributed by atoms with E-state index >= 15 is 0 Å². The molecule has 1 N–H and O–H groups in total. The molecule has 2 heterocycles. The zero-order chi connectivity index (χ0) is 15.8. The number of hydrogen-bond donors (Lipinski definition) is 1. The number of carbonyl (C=O) groups is 1. The minimum absolute atomic E-state index is 0.232. The molecule has 0 spiro atoms. The first kappa shape index (κ1) is 13.6. The van der Waals surface area contributed by atoms with E-state index in [1.807, 2.05) is 36.4 Å². The van der Waals surface area contributed by atoms with Crippen molar-refractivity contribution in [3.8, 4) is 11.5 Å². The number of rotatable bonds is 3. The molecule has 0 saturated carbocycles. The van der Waals surface area contributed by atoms with Crippen LogP contribution in [0.1, 0.15) is 21.6 Å². The first-order chi connectivity index (χ1) is 11.2. The largest absolute Gasteiger partial charge is 0.478 e. The molecular weight excluding hydrogens is 294 g/mol. The van der Waals surface area contributed by atoms with Gasteiger partial charge in [0.15, 0.2) is 11.5 Å². The number of nitrogens with zero attached hydrogens (tertiary/aromatic N) is 1. The van der Waals surface area contributed by atoms with E-state index in [4.69, 9.17) is 9.47 Å². The summed E-state index contributed by atoms with van der Waals surface area (Å²) in [6.07, 6.45) is 0.530. The summed E-state index contributed by atoms with van der Waals surface area (Å²) in [7, 11) is 0. The molecule has 0 bridgehead atoms. The van der Waals surface area contributed by atoms with Gasteiger partial charge < -0.3 is 14.6 Å². The fourth-order valence-corrected chi connectivity index (χ4v) is 2.76. The number of pyridine rings is 1. The van der Waals surface area contributed by atoms with Crippen LogP contribution in [0.3, 0.4) is 0 Å². The summed E-state index contributed by atoms with van der Waals surface area (Å²) in [4.78, 5) is 16.1. The maximum atomic E-state index is 11.5. The third-order valence-electron chi connectivity index (χ3n) is 3.82. The van der Waals surface area contributed by atoms with Gasteiger partial charge in [-0.2, -0.15) is 0 Å². The van der Waals surface area contributed by atoms with Crippen molar-refractivity contribution in [2.45, 2.75) is 6.42 Å². The second kappa shape index (κ2) is 5.28. The number of para-hydroxylation sites is 1. The molecule has 0 saturated heterocycles. The van der Waals surface area contributed by atoms with Crippen molar-refractivity contribution in [2.24, 2.45) is 0 Å². The molecule has 0 aliphatic carbocycles. The summed E-state index contributed by atoms with van der Waals surface area (Å²) < 4.78 is 10.7. The normalized spacial score (nSPS) is 12.5.